The highest BCUT2D eigenvalue weighted by Crippen LogP contribution is 2.25. The second-order valence-corrected chi connectivity index (χ2v) is 4.45. The number of halogens is 1. The second-order valence-electron chi connectivity index (χ2n) is 4.45. The number of aliphatic hydroxyl groups excluding tert-OH is 1. The molecule has 1 atom stereocenters. The molecule has 2 aromatic carbocycles. The Morgan fingerprint density at radius 3 is 2.41 bits per heavy atom. The minimum absolute atomic E-state index is 0.0771. The molecule has 0 radical (unpaired) electrons. The van der Waals surface area contributed by atoms with Gasteiger partial charge in [-0.3, -0.25) is 10.1 Å². The van der Waals surface area contributed by atoms with Gasteiger partial charge in [-0.1, -0.05) is 12.1 Å². The fraction of sp³-hybridized carbons (Fsp3) is 0.200. The highest BCUT2D eigenvalue weighted by Gasteiger charge is 2.15. The van der Waals surface area contributed by atoms with Gasteiger partial charge in [-0.05, 0) is 30.3 Å². The number of hydrogen-bond acceptors (Lipinski definition) is 5. The van der Waals surface area contributed by atoms with Crippen molar-refractivity contribution < 1.29 is 23.9 Å². The van der Waals surface area contributed by atoms with Crippen molar-refractivity contribution in [2.75, 3.05) is 13.2 Å². The summed E-state index contributed by atoms with van der Waals surface area (Å²) >= 11 is 0. The molecule has 0 fully saturated rings. The maximum atomic E-state index is 12.7. The zero-order valence-electron chi connectivity index (χ0n) is 11.5. The van der Waals surface area contributed by atoms with Crippen molar-refractivity contribution in [3.8, 4) is 11.5 Å². The Balaban J connectivity index is 1.84. The summed E-state index contributed by atoms with van der Waals surface area (Å²) in [5.74, 6) is 0.104. The lowest BCUT2D eigenvalue weighted by molar-refractivity contribution is -0.385. The molecule has 22 heavy (non-hydrogen) atoms. The average molecular weight is 307 g/mol. The molecule has 0 saturated carbocycles. The number of ether oxygens (including phenoxy) is 2. The number of rotatable bonds is 7. The van der Waals surface area contributed by atoms with E-state index in [0.717, 1.165) is 0 Å². The molecule has 0 aliphatic heterocycles. The molecule has 0 aromatic heterocycles. The van der Waals surface area contributed by atoms with Crippen LogP contribution in [-0.4, -0.2) is 29.3 Å². The molecule has 0 aliphatic carbocycles. The van der Waals surface area contributed by atoms with Gasteiger partial charge in [-0.15, -0.1) is 0 Å². The van der Waals surface area contributed by atoms with Gasteiger partial charge >= 0.3 is 5.69 Å². The first kappa shape index (κ1) is 15.7. The third-order valence-corrected chi connectivity index (χ3v) is 2.75. The monoisotopic (exact) mass is 307 g/mol. The van der Waals surface area contributed by atoms with Gasteiger partial charge in [0.25, 0.3) is 0 Å². The van der Waals surface area contributed by atoms with Crippen LogP contribution in [0.4, 0.5) is 10.1 Å². The van der Waals surface area contributed by atoms with Gasteiger partial charge in [0.1, 0.15) is 30.9 Å². The van der Waals surface area contributed by atoms with E-state index in [-0.39, 0.29) is 30.5 Å². The summed E-state index contributed by atoms with van der Waals surface area (Å²) in [7, 11) is 0. The summed E-state index contributed by atoms with van der Waals surface area (Å²) < 4.78 is 23.2. The fourth-order valence-corrected chi connectivity index (χ4v) is 1.69. The lowest BCUT2D eigenvalue weighted by Crippen LogP contribution is -2.25. The molecule has 2 aromatic rings. The Kier molecular flexibility index (Phi) is 5.26. The van der Waals surface area contributed by atoms with Crippen LogP contribution in [0.2, 0.25) is 0 Å². The zero-order valence-corrected chi connectivity index (χ0v) is 11.5. The molecular weight excluding hydrogens is 293 g/mol. The van der Waals surface area contributed by atoms with Gasteiger partial charge in [-0.25, -0.2) is 4.39 Å². The van der Waals surface area contributed by atoms with E-state index >= 15 is 0 Å². The molecular formula is C15H14FNO5. The summed E-state index contributed by atoms with van der Waals surface area (Å²) in [4.78, 5) is 10.3. The van der Waals surface area contributed by atoms with Crippen LogP contribution in [0.15, 0.2) is 48.5 Å². The molecule has 6 nitrogen and oxygen atoms in total. The average Bonchev–Trinajstić information content (AvgIpc) is 2.52. The number of nitro benzene ring substituents is 1. The maximum Gasteiger partial charge on any atom is 0.310 e. The SMILES string of the molecule is O=[N+]([O-])c1ccccc1OCC(O)COc1ccc(F)cc1. The minimum atomic E-state index is -0.982. The van der Waals surface area contributed by atoms with Crippen LogP contribution in [0.1, 0.15) is 0 Å². The molecule has 2 rings (SSSR count). The summed E-state index contributed by atoms with van der Waals surface area (Å²) in [6.45, 7) is -0.238. The van der Waals surface area contributed by atoms with Crippen molar-refractivity contribution in [2.24, 2.45) is 0 Å². The first-order chi connectivity index (χ1) is 10.6. The molecule has 0 saturated heterocycles. The number of nitro groups is 1. The van der Waals surface area contributed by atoms with Crippen LogP contribution in [0.3, 0.4) is 0 Å². The van der Waals surface area contributed by atoms with Crippen LogP contribution in [0.25, 0.3) is 0 Å². The van der Waals surface area contributed by atoms with Gasteiger partial charge in [0.2, 0.25) is 0 Å². The van der Waals surface area contributed by atoms with E-state index in [1.54, 1.807) is 6.07 Å². The van der Waals surface area contributed by atoms with Crippen molar-refractivity contribution in [2.45, 2.75) is 6.10 Å². The Hall–Kier alpha value is -2.67. The van der Waals surface area contributed by atoms with Gasteiger partial charge in [0.15, 0.2) is 5.75 Å². The molecule has 0 aliphatic rings. The van der Waals surface area contributed by atoms with E-state index in [2.05, 4.69) is 0 Å². The molecule has 1 unspecified atom stereocenters. The van der Waals surface area contributed by atoms with E-state index in [9.17, 15) is 19.6 Å². The Morgan fingerprint density at radius 1 is 1.09 bits per heavy atom. The van der Waals surface area contributed by atoms with Crippen molar-refractivity contribution in [1.82, 2.24) is 0 Å². The smallest absolute Gasteiger partial charge is 0.310 e. The largest absolute Gasteiger partial charge is 0.491 e. The topological polar surface area (TPSA) is 81.8 Å². The maximum absolute atomic E-state index is 12.7. The van der Waals surface area contributed by atoms with Crippen LogP contribution in [0.5, 0.6) is 11.5 Å². The quantitative estimate of drug-likeness (QED) is 0.628. The Morgan fingerprint density at radius 2 is 1.73 bits per heavy atom. The van der Waals surface area contributed by atoms with Crippen LogP contribution in [-0.2, 0) is 0 Å². The van der Waals surface area contributed by atoms with E-state index in [1.165, 1.54) is 42.5 Å². The molecule has 0 bridgehead atoms. The van der Waals surface area contributed by atoms with Crippen LogP contribution >= 0.6 is 0 Å². The molecule has 0 heterocycles. The minimum Gasteiger partial charge on any atom is -0.491 e. The lowest BCUT2D eigenvalue weighted by Gasteiger charge is -2.13. The van der Waals surface area contributed by atoms with Crippen LogP contribution in [0, 0.1) is 15.9 Å². The van der Waals surface area contributed by atoms with Crippen molar-refractivity contribution in [3.05, 3.63) is 64.5 Å². The lowest BCUT2D eigenvalue weighted by atomic mass is 10.3. The predicted octanol–water partition coefficient (Wildman–Crippen LogP) is 2.55. The van der Waals surface area contributed by atoms with Gasteiger partial charge < -0.3 is 14.6 Å². The number of para-hydroxylation sites is 2. The summed E-state index contributed by atoms with van der Waals surface area (Å²) in [5.41, 5.74) is -0.172. The standard InChI is InChI=1S/C15H14FNO5/c16-11-5-7-13(8-6-11)21-9-12(18)10-22-15-4-2-1-3-14(15)17(19)20/h1-8,12,18H,9-10H2. The van der Waals surface area contributed by atoms with E-state index in [4.69, 9.17) is 9.47 Å². The third kappa shape index (κ3) is 4.42. The first-order valence-corrected chi connectivity index (χ1v) is 6.49. The normalized spacial score (nSPS) is 11.7. The third-order valence-electron chi connectivity index (χ3n) is 2.75. The molecule has 116 valence electrons. The van der Waals surface area contributed by atoms with Crippen molar-refractivity contribution in [1.29, 1.82) is 0 Å². The number of hydrogen-bond donors (Lipinski definition) is 1. The van der Waals surface area contributed by atoms with Gasteiger partial charge in [0, 0.05) is 6.07 Å². The van der Waals surface area contributed by atoms with Gasteiger partial charge in [0.05, 0.1) is 4.92 Å². The zero-order chi connectivity index (χ0) is 15.9. The Bertz CT molecular complexity index is 632. The Labute approximate surface area is 125 Å². The van der Waals surface area contributed by atoms with Crippen molar-refractivity contribution >= 4 is 5.69 Å². The van der Waals surface area contributed by atoms with Gasteiger partial charge in [-0.2, -0.15) is 0 Å². The van der Waals surface area contributed by atoms with Crippen molar-refractivity contribution in [3.63, 3.8) is 0 Å². The highest BCUT2D eigenvalue weighted by atomic mass is 19.1. The van der Waals surface area contributed by atoms with E-state index in [0.29, 0.717) is 5.75 Å². The summed E-state index contributed by atoms with van der Waals surface area (Å²) in [6, 6.07) is 11.2. The summed E-state index contributed by atoms with van der Waals surface area (Å²) in [6.07, 6.45) is -0.982. The van der Waals surface area contributed by atoms with E-state index < -0.39 is 11.0 Å². The number of nitrogens with zero attached hydrogens (tertiary/aromatic N) is 1. The molecule has 1 N–H and O–H groups in total. The summed E-state index contributed by atoms with van der Waals surface area (Å²) in [5, 5.41) is 20.6. The van der Waals surface area contributed by atoms with E-state index in [1.807, 2.05) is 0 Å². The fourth-order valence-electron chi connectivity index (χ4n) is 1.69. The highest BCUT2D eigenvalue weighted by molar-refractivity contribution is 5.45. The van der Waals surface area contributed by atoms with Crippen LogP contribution < -0.4 is 9.47 Å². The molecule has 7 heteroatoms. The number of benzene rings is 2. The first-order valence-electron chi connectivity index (χ1n) is 6.49. The second kappa shape index (κ2) is 7.37. The predicted molar refractivity (Wildman–Crippen MR) is 76.5 cm³/mol. The molecule has 0 amide bonds. The number of aliphatic hydroxyl groups is 1. The molecule has 0 spiro atoms.